The van der Waals surface area contributed by atoms with Gasteiger partial charge < -0.3 is 15.9 Å². The van der Waals surface area contributed by atoms with E-state index < -0.39 is 6.10 Å². The average Bonchev–Trinajstić information content (AvgIpc) is 3.14. The molecule has 3 nitrogen and oxygen atoms in total. The summed E-state index contributed by atoms with van der Waals surface area (Å²) in [5.41, 5.74) is 8.01. The number of aliphatic hydroxyl groups excluding tert-OH is 2. The minimum absolute atomic E-state index is 0.154. The first-order valence-corrected chi connectivity index (χ1v) is 9.68. The zero-order valence-corrected chi connectivity index (χ0v) is 14.9. The second-order valence-electron chi connectivity index (χ2n) is 7.58. The number of aliphatic hydroxyl groups is 2. The zero-order chi connectivity index (χ0) is 17.6. The second-order valence-corrected chi connectivity index (χ2v) is 7.58. The van der Waals surface area contributed by atoms with Gasteiger partial charge in [0.1, 0.15) is 0 Å². The normalized spacial score (nSPS) is 29.8. The van der Waals surface area contributed by atoms with Gasteiger partial charge in [-0.05, 0) is 56.0 Å². The van der Waals surface area contributed by atoms with Crippen molar-refractivity contribution in [3.8, 4) is 0 Å². The Morgan fingerprint density at radius 1 is 1.16 bits per heavy atom. The van der Waals surface area contributed by atoms with Crippen molar-refractivity contribution in [2.24, 2.45) is 23.5 Å². The van der Waals surface area contributed by atoms with E-state index >= 15 is 0 Å². The molecular formula is C22H31NO2. The number of unbranched alkanes of at least 4 members (excludes halogenated alkanes) is 2. The number of fused-ring (bicyclic) bond motifs is 1. The van der Waals surface area contributed by atoms with Gasteiger partial charge in [0.25, 0.3) is 0 Å². The maximum absolute atomic E-state index is 10.4. The van der Waals surface area contributed by atoms with Gasteiger partial charge >= 0.3 is 0 Å². The highest BCUT2D eigenvalue weighted by Crippen LogP contribution is 2.48. The van der Waals surface area contributed by atoms with Crippen LogP contribution in [0.2, 0.25) is 0 Å². The van der Waals surface area contributed by atoms with Crippen molar-refractivity contribution >= 4 is 0 Å². The molecule has 0 spiro atoms. The first-order valence-electron chi connectivity index (χ1n) is 9.68. The lowest BCUT2D eigenvalue weighted by Crippen LogP contribution is -2.17. The molecule has 5 atom stereocenters. The van der Waals surface area contributed by atoms with E-state index in [1.165, 1.54) is 19.3 Å². The molecule has 3 heteroatoms. The molecule has 2 aliphatic rings. The summed E-state index contributed by atoms with van der Waals surface area (Å²) in [5, 5.41) is 20.8. The van der Waals surface area contributed by atoms with Gasteiger partial charge in [-0.15, -0.1) is 0 Å². The second kappa shape index (κ2) is 8.79. The Morgan fingerprint density at radius 2 is 1.96 bits per heavy atom. The summed E-state index contributed by atoms with van der Waals surface area (Å²) in [6, 6.07) is 9.68. The highest BCUT2D eigenvalue weighted by Gasteiger charge is 2.43. The van der Waals surface area contributed by atoms with Gasteiger partial charge in [0, 0.05) is 5.92 Å². The number of rotatable bonds is 8. The van der Waals surface area contributed by atoms with Gasteiger partial charge in [-0.3, -0.25) is 0 Å². The largest absolute Gasteiger partial charge is 0.392 e. The van der Waals surface area contributed by atoms with Gasteiger partial charge in [-0.1, -0.05) is 60.6 Å². The highest BCUT2D eigenvalue weighted by molar-refractivity contribution is 5.24. The van der Waals surface area contributed by atoms with Crippen LogP contribution in [0.3, 0.4) is 0 Å². The predicted octanol–water partition coefficient (Wildman–Crippen LogP) is 3.74. The fourth-order valence-corrected chi connectivity index (χ4v) is 4.46. The number of benzene rings is 1. The Hall–Kier alpha value is -1.42. The first-order chi connectivity index (χ1) is 12.2. The molecule has 2 aliphatic carbocycles. The molecule has 0 aromatic heterocycles. The standard InChI is InChI=1S/C22H31NO2/c23-12-6-2-3-7-16-13-18-15-22(25)19(20(18)14-16)10-11-21(24)17-8-4-1-5-9-17/h1,4-5,8-11,13,18-22,24-25H,2-3,6-7,12,14-15,23H2/t18-,19+,20-,21+,22+/m0/s1. The Labute approximate surface area is 151 Å². The monoisotopic (exact) mass is 341 g/mol. The molecule has 1 saturated carbocycles. The molecular weight excluding hydrogens is 310 g/mol. The molecule has 0 aliphatic heterocycles. The molecule has 0 amide bonds. The third-order valence-corrected chi connectivity index (χ3v) is 5.81. The van der Waals surface area contributed by atoms with E-state index in [-0.39, 0.29) is 12.0 Å². The van der Waals surface area contributed by atoms with Crippen molar-refractivity contribution < 1.29 is 10.2 Å². The molecule has 1 fully saturated rings. The van der Waals surface area contributed by atoms with Crippen molar-refractivity contribution in [1.82, 2.24) is 0 Å². The van der Waals surface area contributed by atoms with Crippen molar-refractivity contribution in [2.45, 2.75) is 50.7 Å². The van der Waals surface area contributed by atoms with E-state index in [4.69, 9.17) is 5.73 Å². The van der Waals surface area contributed by atoms with Crippen molar-refractivity contribution in [3.05, 3.63) is 59.7 Å². The molecule has 136 valence electrons. The summed E-state index contributed by atoms with van der Waals surface area (Å²) in [4.78, 5) is 0. The SMILES string of the molecule is NCCCCCC1=C[C@H]2C[C@@H](O)[C@H](C=C[C@@H](O)c3ccccc3)[C@H]2C1. The van der Waals surface area contributed by atoms with Gasteiger partial charge in [0.2, 0.25) is 0 Å². The van der Waals surface area contributed by atoms with Crippen molar-refractivity contribution in [2.75, 3.05) is 6.54 Å². The maximum atomic E-state index is 10.4. The van der Waals surface area contributed by atoms with Crippen LogP contribution < -0.4 is 5.73 Å². The molecule has 4 N–H and O–H groups in total. The summed E-state index contributed by atoms with van der Waals surface area (Å²) < 4.78 is 0. The van der Waals surface area contributed by atoms with Crippen LogP contribution in [-0.4, -0.2) is 22.9 Å². The van der Waals surface area contributed by atoms with E-state index in [1.54, 1.807) is 5.57 Å². The summed E-state index contributed by atoms with van der Waals surface area (Å²) >= 11 is 0. The van der Waals surface area contributed by atoms with Gasteiger partial charge in [0.15, 0.2) is 0 Å². The summed E-state index contributed by atoms with van der Waals surface area (Å²) in [6.07, 6.45) is 12.1. The fourth-order valence-electron chi connectivity index (χ4n) is 4.46. The third kappa shape index (κ3) is 4.60. The molecule has 0 heterocycles. The van der Waals surface area contributed by atoms with E-state index in [9.17, 15) is 10.2 Å². The Bertz CT molecular complexity index is 595. The smallest absolute Gasteiger partial charge is 0.0971 e. The maximum Gasteiger partial charge on any atom is 0.0971 e. The van der Waals surface area contributed by atoms with Crippen molar-refractivity contribution in [3.63, 3.8) is 0 Å². The van der Waals surface area contributed by atoms with Gasteiger partial charge in [0.05, 0.1) is 12.2 Å². The molecule has 0 saturated heterocycles. The Kier molecular flexibility index (Phi) is 6.46. The molecule has 1 aromatic carbocycles. The van der Waals surface area contributed by atoms with Gasteiger partial charge in [-0.25, -0.2) is 0 Å². The summed E-state index contributed by atoms with van der Waals surface area (Å²) in [7, 11) is 0. The third-order valence-electron chi connectivity index (χ3n) is 5.81. The quantitative estimate of drug-likeness (QED) is 0.498. The Balaban J connectivity index is 1.56. The summed E-state index contributed by atoms with van der Waals surface area (Å²) in [6.45, 7) is 0.785. The van der Waals surface area contributed by atoms with Crippen LogP contribution in [0.4, 0.5) is 0 Å². The molecule has 1 aromatic rings. The zero-order valence-electron chi connectivity index (χ0n) is 14.9. The topological polar surface area (TPSA) is 66.5 Å². The van der Waals surface area contributed by atoms with Crippen molar-refractivity contribution in [1.29, 1.82) is 0 Å². The lowest BCUT2D eigenvalue weighted by atomic mass is 9.88. The van der Waals surface area contributed by atoms with Crippen LogP contribution in [0.15, 0.2) is 54.1 Å². The van der Waals surface area contributed by atoms with E-state index in [2.05, 4.69) is 12.2 Å². The first kappa shape index (κ1) is 18.4. The molecule has 0 unspecified atom stereocenters. The van der Waals surface area contributed by atoms with E-state index in [1.807, 2.05) is 36.4 Å². The predicted molar refractivity (Wildman–Crippen MR) is 102 cm³/mol. The highest BCUT2D eigenvalue weighted by atomic mass is 16.3. The lowest BCUT2D eigenvalue weighted by Gasteiger charge is -2.19. The van der Waals surface area contributed by atoms with E-state index in [0.29, 0.717) is 11.8 Å². The Morgan fingerprint density at radius 3 is 2.72 bits per heavy atom. The minimum atomic E-state index is -0.599. The number of nitrogens with two attached hydrogens (primary N) is 1. The van der Waals surface area contributed by atoms with Crippen LogP contribution >= 0.6 is 0 Å². The van der Waals surface area contributed by atoms with E-state index in [0.717, 1.165) is 31.4 Å². The van der Waals surface area contributed by atoms with Crippen LogP contribution in [0.25, 0.3) is 0 Å². The van der Waals surface area contributed by atoms with Gasteiger partial charge in [-0.2, -0.15) is 0 Å². The average molecular weight is 341 g/mol. The number of allylic oxidation sites excluding steroid dienone is 2. The summed E-state index contributed by atoms with van der Waals surface area (Å²) in [5.74, 6) is 1.16. The van der Waals surface area contributed by atoms with Crippen LogP contribution in [0, 0.1) is 17.8 Å². The molecule has 0 bridgehead atoms. The van der Waals surface area contributed by atoms with Crippen LogP contribution in [0.5, 0.6) is 0 Å². The van der Waals surface area contributed by atoms with Crippen LogP contribution in [-0.2, 0) is 0 Å². The lowest BCUT2D eigenvalue weighted by molar-refractivity contribution is 0.140. The van der Waals surface area contributed by atoms with Crippen LogP contribution in [0.1, 0.15) is 50.2 Å². The minimum Gasteiger partial charge on any atom is -0.392 e. The molecule has 0 radical (unpaired) electrons. The number of hydrogen-bond acceptors (Lipinski definition) is 3. The molecule has 25 heavy (non-hydrogen) atoms. The number of hydrogen-bond donors (Lipinski definition) is 3. The molecule has 3 rings (SSSR count). The fraction of sp³-hybridized carbons (Fsp3) is 0.545.